The Hall–Kier alpha value is -2.04. The Morgan fingerprint density at radius 1 is 1.14 bits per heavy atom. The third-order valence-corrected chi connectivity index (χ3v) is 4.06. The molecule has 0 saturated carbocycles. The fourth-order valence-electron chi connectivity index (χ4n) is 2.92. The average Bonchev–Trinajstić information content (AvgIpc) is 2.96. The number of likely N-dealkylation sites (tertiary alicyclic amines) is 1. The number of nitrogens with zero attached hydrogens (tertiary/aromatic N) is 1. The number of hydrogen-bond acceptors (Lipinski definition) is 2. The zero-order valence-electron chi connectivity index (χ0n) is 11.5. The fourth-order valence-corrected chi connectivity index (χ4v) is 2.92. The highest BCUT2D eigenvalue weighted by Crippen LogP contribution is 2.28. The Morgan fingerprint density at radius 3 is 2.57 bits per heavy atom. The molecule has 0 radical (unpaired) electrons. The molecule has 1 aromatic carbocycles. The number of benzene rings is 1. The Bertz CT molecular complexity index is 646. The van der Waals surface area contributed by atoms with Crippen molar-refractivity contribution in [1.82, 2.24) is 4.90 Å². The highest BCUT2D eigenvalue weighted by Gasteiger charge is 2.27. The van der Waals surface area contributed by atoms with Gasteiger partial charge in [0.25, 0.3) is 0 Å². The van der Waals surface area contributed by atoms with E-state index in [1.54, 1.807) is 4.90 Å². The summed E-state index contributed by atoms with van der Waals surface area (Å²) in [6, 6.07) is 1.84. The Balaban J connectivity index is 1.90. The van der Waals surface area contributed by atoms with Crippen LogP contribution in [0, 0.1) is 11.6 Å². The van der Waals surface area contributed by atoms with Crippen molar-refractivity contribution in [2.75, 3.05) is 13.1 Å². The van der Waals surface area contributed by atoms with Gasteiger partial charge >= 0.3 is 0 Å². The number of halogens is 2. The zero-order chi connectivity index (χ0) is 15.0. The van der Waals surface area contributed by atoms with Crippen LogP contribution in [0.15, 0.2) is 23.8 Å². The smallest absolute Gasteiger partial charge is 0.246 e. The van der Waals surface area contributed by atoms with Crippen molar-refractivity contribution >= 4 is 11.7 Å². The number of amides is 1. The largest absolute Gasteiger partial charge is 0.339 e. The van der Waals surface area contributed by atoms with Crippen molar-refractivity contribution in [3.8, 4) is 0 Å². The van der Waals surface area contributed by atoms with E-state index in [-0.39, 0.29) is 17.0 Å². The van der Waals surface area contributed by atoms with Gasteiger partial charge in [-0.25, -0.2) is 8.78 Å². The molecule has 3 nitrogen and oxygen atoms in total. The molecule has 0 unspecified atom stereocenters. The standard InChI is InChI=1S/C16H15F2NO2/c17-11-8-13-12(14(18)9-11)4-3-10(16(13)21)7-15(20)19-5-1-2-6-19/h7-9H,1-6H2/b10-7-. The van der Waals surface area contributed by atoms with E-state index >= 15 is 0 Å². The van der Waals surface area contributed by atoms with Gasteiger partial charge in [-0.2, -0.15) is 0 Å². The topological polar surface area (TPSA) is 37.4 Å². The van der Waals surface area contributed by atoms with Crippen molar-refractivity contribution in [2.45, 2.75) is 25.7 Å². The first-order valence-electron chi connectivity index (χ1n) is 7.08. The number of rotatable bonds is 1. The molecule has 0 spiro atoms. The van der Waals surface area contributed by atoms with E-state index < -0.39 is 17.4 Å². The molecule has 110 valence electrons. The van der Waals surface area contributed by atoms with Crippen molar-refractivity contribution in [2.24, 2.45) is 0 Å². The van der Waals surface area contributed by atoms with Gasteiger partial charge in [-0.05, 0) is 37.3 Å². The predicted molar refractivity (Wildman–Crippen MR) is 72.9 cm³/mol. The van der Waals surface area contributed by atoms with Crippen LogP contribution in [0.5, 0.6) is 0 Å². The SMILES string of the molecule is O=C1/C(=C\C(=O)N2CCCC2)CCc2c(F)cc(F)cc21. The Morgan fingerprint density at radius 2 is 1.86 bits per heavy atom. The van der Waals surface area contributed by atoms with Crippen molar-refractivity contribution in [1.29, 1.82) is 0 Å². The molecule has 0 bridgehead atoms. The number of ketones is 1. The van der Waals surface area contributed by atoms with Gasteiger partial charge in [-0.1, -0.05) is 0 Å². The third-order valence-electron chi connectivity index (χ3n) is 4.06. The van der Waals surface area contributed by atoms with Gasteiger partial charge in [0, 0.05) is 36.4 Å². The molecule has 1 aliphatic heterocycles. The molecule has 5 heteroatoms. The highest BCUT2D eigenvalue weighted by molar-refractivity contribution is 6.13. The number of carbonyl (C=O) groups is 2. The minimum Gasteiger partial charge on any atom is -0.339 e. The molecule has 1 heterocycles. The summed E-state index contributed by atoms with van der Waals surface area (Å²) in [5.74, 6) is -2.09. The summed E-state index contributed by atoms with van der Waals surface area (Å²) in [4.78, 5) is 26.0. The summed E-state index contributed by atoms with van der Waals surface area (Å²) < 4.78 is 26.9. The van der Waals surface area contributed by atoms with Crippen LogP contribution >= 0.6 is 0 Å². The van der Waals surface area contributed by atoms with Crippen LogP contribution in [0.3, 0.4) is 0 Å². The molecule has 0 atom stereocenters. The maximum Gasteiger partial charge on any atom is 0.246 e. The van der Waals surface area contributed by atoms with Crippen molar-refractivity contribution in [3.63, 3.8) is 0 Å². The van der Waals surface area contributed by atoms with Gasteiger partial charge in [0.15, 0.2) is 5.78 Å². The quantitative estimate of drug-likeness (QED) is 0.746. The summed E-state index contributed by atoms with van der Waals surface area (Å²) >= 11 is 0. The first-order chi connectivity index (χ1) is 10.1. The van der Waals surface area contributed by atoms with Crippen molar-refractivity contribution in [3.05, 3.63) is 46.5 Å². The molecule has 0 aromatic heterocycles. The first kappa shape index (κ1) is 13.9. The number of Topliss-reactive ketones (excluding diaryl/α,β-unsaturated/α-hetero) is 1. The van der Waals surface area contributed by atoms with Gasteiger partial charge in [0.2, 0.25) is 5.91 Å². The molecule has 1 aliphatic carbocycles. The second-order valence-electron chi connectivity index (χ2n) is 5.44. The molecule has 2 aliphatic rings. The number of fused-ring (bicyclic) bond motifs is 1. The van der Waals surface area contributed by atoms with Gasteiger partial charge in [-0.3, -0.25) is 9.59 Å². The van der Waals surface area contributed by atoms with E-state index in [9.17, 15) is 18.4 Å². The Kier molecular flexibility index (Phi) is 3.57. The van der Waals surface area contributed by atoms with E-state index in [1.165, 1.54) is 6.08 Å². The summed E-state index contributed by atoms with van der Waals surface area (Å²) in [5, 5.41) is 0. The lowest BCUT2D eigenvalue weighted by molar-refractivity contribution is -0.125. The van der Waals surface area contributed by atoms with Crippen LogP contribution in [-0.2, 0) is 11.2 Å². The van der Waals surface area contributed by atoms with Crippen LogP contribution in [0.4, 0.5) is 8.78 Å². The molecule has 1 amide bonds. The van der Waals surface area contributed by atoms with E-state index in [1.807, 2.05) is 0 Å². The summed E-state index contributed by atoms with van der Waals surface area (Å²) in [7, 11) is 0. The minimum atomic E-state index is -0.772. The Labute approximate surface area is 121 Å². The fraction of sp³-hybridized carbons (Fsp3) is 0.375. The van der Waals surface area contributed by atoms with Gasteiger partial charge in [0.05, 0.1) is 0 Å². The number of carbonyl (C=O) groups excluding carboxylic acids is 2. The zero-order valence-corrected chi connectivity index (χ0v) is 11.5. The third kappa shape index (κ3) is 2.60. The molecular formula is C16H15F2NO2. The first-order valence-corrected chi connectivity index (χ1v) is 7.08. The lowest BCUT2D eigenvalue weighted by Crippen LogP contribution is -2.27. The summed E-state index contributed by atoms with van der Waals surface area (Å²) in [5.41, 5.74) is 0.621. The second kappa shape index (κ2) is 5.39. The summed E-state index contributed by atoms with van der Waals surface area (Å²) in [6.07, 6.45) is 3.91. The van der Waals surface area contributed by atoms with Crippen LogP contribution in [0.25, 0.3) is 0 Å². The maximum atomic E-state index is 13.7. The maximum absolute atomic E-state index is 13.7. The minimum absolute atomic E-state index is 0.0409. The second-order valence-corrected chi connectivity index (χ2v) is 5.44. The molecule has 1 aromatic rings. The van der Waals surface area contributed by atoms with Gasteiger partial charge < -0.3 is 4.90 Å². The van der Waals surface area contributed by atoms with Crippen molar-refractivity contribution < 1.29 is 18.4 Å². The molecule has 0 N–H and O–H groups in total. The van der Waals surface area contributed by atoms with E-state index in [0.29, 0.717) is 31.5 Å². The molecule has 21 heavy (non-hydrogen) atoms. The average molecular weight is 291 g/mol. The van der Waals surface area contributed by atoms with Crippen LogP contribution < -0.4 is 0 Å². The van der Waals surface area contributed by atoms with Crippen LogP contribution in [0.2, 0.25) is 0 Å². The van der Waals surface area contributed by atoms with Gasteiger partial charge in [-0.15, -0.1) is 0 Å². The molecule has 1 fully saturated rings. The predicted octanol–water partition coefficient (Wildman–Crippen LogP) is 2.64. The normalized spacial score (nSPS) is 20.0. The molecular weight excluding hydrogens is 276 g/mol. The summed E-state index contributed by atoms with van der Waals surface area (Å²) in [6.45, 7) is 1.41. The van der Waals surface area contributed by atoms with Crippen LogP contribution in [0.1, 0.15) is 35.2 Å². The molecule has 1 saturated heterocycles. The molecule has 3 rings (SSSR count). The highest BCUT2D eigenvalue weighted by atomic mass is 19.1. The van der Waals surface area contributed by atoms with E-state index in [0.717, 1.165) is 25.0 Å². The monoisotopic (exact) mass is 291 g/mol. The van der Waals surface area contributed by atoms with E-state index in [2.05, 4.69) is 0 Å². The number of allylic oxidation sites excluding steroid dienone is 1. The van der Waals surface area contributed by atoms with Gasteiger partial charge in [0.1, 0.15) is 11.6 Å². The lowest BCUT2D eigenvalue weighted by Gasteiger charge is -2.19. The van der Waals surface area contributed by atoms with E-state index in [4.69, 9.17) is 0 Å². The van der Waals surface area contributed by atoms with Crippen LogP contribution in [-0.4, -0.2) is 29.7 Å². The lowest BCUT2D eigenvalue weighted by atomic mass is 9.86. The number of hydrogen-bond donors (Lipinski definition) is 0.